The third-order valence-electron chi connectivity index (χ3n) is 3.89. The molecule has 0 unspecified atom stereocenters. The lowest BCUT2D eigenvalue weighted by Gasteiger charge is -2.25. The maximum atomic E-state index is 11.9. The number of nitrogens with one attached hydrogen (secondary N) is 2. The number of hydrogen-bond acceptors (Lipinski definition) is 3. The summed E-state index contributed by atoms with van der Waals surface area (Å²) >= 11 is 0. The van der Waals surface area contributed by atoms with Crippen molar-refractivity contribution in [3.8, 4) is 0 Å². The lowest BCUT2D eigenvalue weighted by Crippen LogP contribution is -2.43. The van der Waals surface area contributed by atoms with Gasteiger partial charge in [0.2, 0.25) is 10.0 Å². The Balaban J connectivity index is 2.25. The summed E-state index contributed by atoms with van der Waals surface area (Å²) in [6.07, 6.45) is 5.75. The van der Waals surface area contributed by atoms with E-state index in [4.69, 9.17) is 0 Å². The molecule has 7 heteroatoms. The van der Waals surface area contributed by atoms with Crippen LogP contribution in [-0.4, -0.2) is 58.8 Å². The number of unbranched alkanes of at least 4 members (excludes halogenated alkanes) is 1. The van der Waals surface area contributed by atoms with Crippen molar-refractivity contribution in [1.29, 1.82) is 0 Å². The molecule has 0 saturated heterocycles. The molecule has 124 valence electrons. The minimum absolute atomic E-state index is 0.0837. The van der Waals surface area contributed by atoms with E-state index in [0.29, 0.717) is 19.0 Å². The zero-order chi connectivity index (χ0) is 15.7. The molecule has 0 aromatic rings. The smallest absolute Gasteiger partial charge is 0.213 e. The van der Waals surface area contributed by atoms with E-state index in [2.05, 4.69) is 22.0 Å². The Bertz CT molecular complexity index is 419. The molecule has 1 aliphatic rings. The van der Waals surface area contributed by atoms with Gasteiger partial charge in [0.15, 0.2) is 5.96 Å². The van der Waals surface area contributed by atoms with E-state index in [1.54, 1.807) is 7.05 Å². The maximum Gasteiger partial charge on any atom is 0.213 e. The van der Waals surface area contributed by atoms with Crippen LogP contribution in [0.4, 0.5) is 0 Å². The summed E-state index contributed by atoms with van der Waals surface area (Å²) in [5.41, 5.74) is 0. The Kier molecular flexibility index (Phi) is 8.03. The zero-order valence-corrected chi connectivity index (χ0v) is 14.4. The van der Waals surface area contributed by atoms with Crippen molar-refractivity contribution < 1.29 is 8.42 Å². The molecule has 0 heterocycles. The van der Waals surface area contributed by atoms with Gasteiger partial charge in [0.25, 0.3) is 0 Å². The molecule has 1 saturated carbocycles. The van der Waals surface area contributed by atoms with Crippen LogP contribution in [0.5, 0.6) is 0 Å². The lowest BCUT2D eigenvalue weighted by atomic mass is 9.86. The van der Waals surface area contributed by atoms with E-state index in [0.717, 1.165) is 38.2 Å². The Morgan fingerprint density at radius 3 is 2.62 bits per heavy atom. The van der Waals surface area contributed by atoms with Crippen LogP contribution < -0.4 is 10.0 Å². The summed E-state index contributed by atoms with van der Waals surface area (Å²) in [5, 5.41) is 3.11. The highest BCUT2D eigenvalue weighted by atomic mass is 32.2. The molecule has 0 bridgehead atoms. The number of guanidine groups is 1. The van der Waals surface area contributed by atoms with E-state index in [9.17, 15) is 8.42 Å². The first-order valence-corrected chi connectivity index (χ1v) is 9.53. The van der Waals surface area contributed by atoms with E-state index in [1.807, 2.05) is 11.9 Å². The summed E-state index contributed by atoms with van der Waals surface area (Å²) in [6.45, 7) is 4.03. The molecule has 0 atom stereocenters. The fraction of sp³-hybridized carbons (Fsp3) is 0.929. The van der Waals surface area contributed by atoms with E-state index in [1.165, 1.54) is 6.42 Å². The minimum Gasteiger partial charge on any atom is -0.355 e. The molecule has 1 rings (SSSR count). The van der Waals surface area contributed by atoms with Gasteiger partial charge in [-0.15, -0.1) is 0 Å². The fourth-order valence-corrected chi connectivity index (χ4v) is 3.20. The maximum absolute atomic E-state index is 11.9. The highest BCUT2D eigenvalue weighted by molar-refractivity contribution is 7.89. The summed E-state index contributed by atoms with van der Waals surface area (Å²) in [7, 11) is 0.498. The second kappa shape index (κ2) is 9.25. The standard InChI is InChI=1S/C14H30N4O2S/c1-4-5-10-18(3)14(15-2)16-9-11-21(19,20)17-12-13-7-6-8-13/h13,17H,4-12H2,1-3H3,(H,15,16). The van der Waals surface area contributed by atoms with E-state index in [-0.39, 0.29) is 5.75 Å². The minimum atomic E-state index is -3.19. The number of hydrogen-bond donors (Lipinski definition) is 2. The van der Waals surface area contributed by atoms with Crippen LogP contribution >= 0.6 is 0 Å². The molecule has 0 radical (unpaired) electrons. The van der Waals surface area contributed by atoms with Gasteiger partial charge < -0.3 is 10.2 Å². The Labute approximate surface area is 129 Å². The van der Waals surface area contributed by atoms with Gasteiger partial charge in [0, 0.05) is 33.7 Å². The van der Waals surface area contributed by atoms with Crippen molar-refractivity contribution in [3.05, 3.63) is 0 Å². The molecular weight excluding hydrogens is 288 g/mol. The van der Waals surface area contributed by atoms with E-state index < -0.39 is 10.0 Å². The third-order valence-corrected chi connectivity index (χ3v) is 5.24. The van der Waals surface area contributed by atoms with Gasteiger partial charge in [-0.1, -0.05) is 19.8 Å². The van der Waals surface area contributed by atoms with Gasteiger partial charge in [-0.05, 0) is 25.2 Å². The average molecular weight is 318 g/mol. The zero-order valence-electron chi connectivity index (χ0n) is 13.6. The summed E-state index contributed by atoms with van der Waals surface area (Å²) in [6, 6.07) is 0. The predicted molar refractivity (Wildman–Crippen MR) is 88.0 cm³/mol. The fourth-order valence-electron chi connectivity index (χ4n) is 2.20. The SMILES string of the molecule is CCCCN(C)C(=NC)NCCS(=O)(=O)NCC1CCC1. The Morgan fingerprint density at radius 1 is 1.38 bits per heavy atom. The molecule has 0 aliphatic heterocycles. The van der Waals surface area contributed by atoms with Gasteiger partial charge in [-0.2, -0.15) is 0 Å². The van der Waals surface area contributed by atoms with Gasteiger partial charge in [0.1, 0.15) is 0 Å². The number of sulfonamides is 1. The van der Waals surface area contributed by atoms with Crippen molar-refractivity contribution in [2.24, 2.45) is 10.9 Å². The lowest BCUT2D eigenvalue weighted by molar-refractivity contribution is 0.316. The first kappa shape index (κ1) is 18.2. The van der Waals surface area contributed by atoms with Crippen LogP contribution in [-0.2, 0) is 10.0 Å². The third kappa shape index (κ3) is 7.13. The summed E-state index contributed by atoms with van der Waals surface area (Å²) in [4.78, 5) is 6.20. The number of rotatable bonds is 9. The van der Waals surface area contributed by atoms with Crippen LogP contribution in [0.1, 0.15) is 39.0 Å². The quantitative estimate of drug-likeness (QED) is 0.491. The molecule has 0 aromatic carbocycles. The topological polar surface area (TPSA) is 73.8 Å². The highest BCUT2D eigenvalue weighted by Crippen LogP contribution is 2.25. The van der Waals surface area contributed by atoms with Crippen molar-refractivity contribution in [3.63, 3.8) is 0 Å². The predicted octanol–water partition coefficient (Wildman–Crippen LogP) is 1.01. The molecule has 6 nitrogen and oxygen atoms in total. The molecule has 0 aromatic heterocycles. The van der Waals surface area contributed by atoms with Gasteiger partial charge >= 0.3 is 0 Å². The molecule has 21 heavy (non-hydrogen) atoms. The Morgan fingerprint density at radius 2 is 2.10 bits per heavy atom. The van der Waals surface area contributed by atoms with Crippen molar-refractivity contribution in [2.45, 2.75) is 39.0 Å². The van der Waals surface area contributed by atoms with Crippen LogP contribution in [0.2, 0.25) is 0 Å². The van der Waals surface area contributed by atoms with Gasteiger partial charge in [-0.3, -0.25) is 4.99 Å². The average Bonchev–Trinajstić information content (AvgIpc) is 2.39. The van der Waals surface area contributed by atoms with Crippen molar-refractivity contribution in [1.82, 2.24) is 14.9 Å². The molecule has 0 amide bonds. The normalized spacial score (nSPS) is 16.6. The second-order valence-corrected chi connectivity index (χ2v) is 7.64. The van der Waals surface area contributed by atoms with Crippen LogP contribution in [0, 0.1) is 5.92 Å². The van der Waals surface area contributed by atoms with Gasteiger partial charge in [-0.25, -0.2) is 13.1 Å². The number of nitrogens with zero attached hydrogens (tertiary/aromatic N) is 2. The summed E-state index contributed by atoms with van der Waals surface area (Å²) < 4.78 is 26.5. The first-order chi connectivity index (χ1) is 9.98. The second-order valence-electron chi connectivity index (χ2n) is 5.71. The first-order valence-electron chi connectivity index (χ1n) is 7.87. The van der Waals surface area contributed by atoms with Gasteiger partial charge in [0.05, 0.1) is 5.75 Å². The Hall–Kier alpha value is -0.820. The van der Waals surface area contributed by atoms with Crippen molar-refractivity contribution >= 4 is 16.0 Å². The van der Waals surface area contributed by atoms with Crippen molar-refractivity contribution in [2.75, 3.05) is 39.5 Å². The molecule has 2 N–H and O–H groups in total. The number of aliphatic imine (C=N–C) groups is 1. The van der Waals surface area contributed by atoms with E-state index >= 15 is 0 Å². The van der Waals surface area contributed by atoms with Crippen LogP contribution in [0.15, 0.2) is 4.99 Å². The van der Waals surface area contributed by atoms with Crippen LogP contribution in [0.25, 0.3) is 0 Å². The summed E-state index contributed by atoms with van der Waals surface area (Å²) in [5.74, 6) is 1.37. The molecule has 1 fully saturated rings. The van der Waals surface area contributed by atoms with Crippen LogP contribution in [0.3, 0.4) is 0 Å². The highest BCUT2D eigenvalue weighted by Gasteiger charge is 2.20. The molecule has 1 aliphatic carbocycles. The monoisotopic (exact) mass is 318 g/mol. The molecular formula is C14H30N4O2S. The largest absolute Gasteiger partial charge is 0.355 e. The molecule has 0 spiro atoms.